The molecule has 1 heterocycles. The van der Waals surface area contributed by atoms with Crippen molar-refractivity contribution in [2.45, 2.75) is 0 Å². The molecule has 0 saturated carbocycles. The van der Waals surface area contributed by atoms with Gasteiger partial charge in [0, 0.05) is 10.4 Å². The van der Waals surface area contributed by atoms with E-state index in [1.807, 2.05) is 36.4 Å². The second-order valence-corrected chi connectivity index (χ2v) is 4.83. The Morgan fingerprint density at radius 3 is 2.55 bits per heavy atom. The van der Waals surface area contributed by atoms with Crippen LogP contribution in [0.25, 0.3) is 17.0 Å². The average Bonchev–Trinajstić information content (AvgIpc) is 2.90. The zero-order chi connectivity index (χ0) is 13.9. The molecule has 0 saturated heterocycles. The van der Waals surface area contributed by atoms with E-state index in [4.69, 9.17) is 16.0 Å². The first-order valence-electron chi connectivity index (χ1n) is 6.19. The van der Waals surface area contributed by atoms with Crippen LogP contribution in [0.15, 0.2) is 65.1 Å². The van der Waals surface area contributed by atoms with Crippen molar-refractivity contribution in [3.8, 4) is 0 Å². The highest BCUT2D eigenvalue weighted by molar-refractivity contribution is 6.30. The fourth-order valence-electron chi connectivity index (χ4n) is 1.93. The SMILES string of the molecule is O=C(/C=C/c1ccc(Cl)cc1)c1cc2ccccc2o1. The third-order valence-corrected chi connectivity index (χ3v) is 3.22. The van der Waals surface area contributed by atoms with Gasteiger partial charge in [0.1, 0.15) is 5.58 Å². The number of ketones is 1. The molecule has 0 aliphatic carbocycles. The highest BCUT2D eigenvalue weighted by Gasteiger charge is 2.08. The highest BCUT2D eigenvalue weighted by Crippen LogP contribution is 2.19. The minimum Gasteiger partial charge on any atom is -0.453 e. The second-order valence-electron chi connectivity index (χ2n) is 4.40. The number of carbonyl (C=O) groups excluding carboxylic acids is 1. The van der Waals surface area contributed by atoms with Gasteiger partial charge in [-0.3, -0.25) is 4.79 Å². The van der Waals surface area contributed by atoms with E-state index in [-0.39, 0.29) is 5.78 Å². The van der Waals surface area contributed by atoms with E-state index in [0.29, 0.717) is 10.8 Å². The largest absolute Gasteiger partial charge is 0.453 e. The quantitative estimate of drug-likeness (QED) is 0.501. The normalized spacial score (nSPS) is 11.2. The van der Waals surface area contributed by atoms with Crippen LogP contribution in [0.5, 0.6) is 0 Å². The summed E-state index contributed by atoms with van der Waals surface area (Å²) in [5.41, 5.74) is 1.63. The van der Waals surface area contributed by atoms with Gasteiger partial charge in [-0.1, -0.05) is 48.0 Å². The molecular weight excluding hydrogens is 272 g/mol. The summed E-state index contributed by atoms with van der Waals surface area (Å²) in [5, 5.41) is 1.60. The van der Waals surface area contributed by atoms with Gasteiger partial charge in [0.15, 0.2) is 5.76 Å². The number of fused-ring (bicyclic) bond motifs is 1. The van der Waals surface area contributed by atoms with Gasteiger partial charge in [0.2, 0.25) is 5.78 Å². The molecule has 0 N–H and O–H groups in total. The number of para-hydroxylation sites is 1. The molecule has 0 aliphatic rings. The molecule has 0 radical (unpaired) electrons. The van der Waals surface area contributed by atoms with Crippen LogP contribution in [0.3, 0.4) is 0 Å². The number of hydrogen-bond acceptors (Lipinski definition) is 2. The van der Waals surface area contributed by atoms with E-state index >= 15 is 0 Å². The van der Waals surface area contributed by atoms with Gasteiger partial charge in [-0.25, -0.2) is 0 Å². The molecule has 3 heteroatoms. The Bertz CT molecular complexity index is 749. The van der Waals surface area contributed by atoms with Crippen LogP contribution in [0, 0.1) is 0 Å². The first kappa shape index (κ1) is 12.7. The lowest BCUT2D eigenvalue weighted by atomic mass is 10.2. The standard InChI is InChI=1S/C17H11ClO2/c18-14-8-5-12(6-9-14)7-10-15(19)17-11-13-3-1-2-4-16(13)20-17/h1-11H/b10-7+. The number of benzene rings is 2. The molecule has 0 bridgehead atoms. The van der Waals surface area contributed by atoms with Gasteiger partial charge >= 0.3 is 0 Å². The van der Waals surface area contributed by atoms with Crippen molar-refractivity contribution < 1.29 is 9.21 Å². The monoisotopic (exact) mass is 282 g/mol. The molecule has 0 aliphatic heterocycles. The zero-order valence-corrected chi connectivity index (χ0v) is 11.3. The van der Waals surface area contributed by atoms with Crippen LogP contribution >= 0.6 is 11.6 Å². The first-order chi connectivity index (χ1) is 9.72. The van der Waals surface area contributed by atoms with E-state index in [0.717, 1.165) is 16.5 Å². The Balaban J connectivity index is 1.83. The maximum atomic E-state index is 12.0. The summed E-state index contributed by atoms with van der Waals surface area (Å²) < 4.78 is 5.52. The van der Waals surface area contributed by atoms with Crippen LogP contribution in [0.4, 0.5) is 0 Å². The summed E-state index contributed by atoms with van der Waals surface area (Å²) in [7, 11) is 0. The molecule has 0 atom stereocenters. The van der Waals surface area contributed by atoms with E-state index in [2.05, 4.69) is 0 Å². The molecule has 20 heavy (non-hydrogen) atoms. The van der Waals surface area contributed by atoms with E-state index < -0.39 is 0 Å². The lowest BCUT2D eigenvalue weighted by molar-refractivity contribution is 0.102. The summed E-state index contributed by atoms with van der Waals surface area (Å²) >= 11 is 5.81. The van der Waals surface area contributed by atoms with Gasteiger partial charge in [0.25, 0.3) is 0 Å². The van der Waals surface area contributed by atoms with E-state index in [1.165, 1.54) is 6.08 Å². The Morgan fingerprint density at radius 1 is 1.05 bits per heavy atom. The Morgan fingerprint density at radius 2 is 1.80 bits per heavy atom. The topological polar surface area (TPSA) is 30.2 Å². The average molecular weight is 283 g/mol. The van der Waals surface area contributed by atoms with Gasteiger partial charge in [-0.05, 0) is 35.9 Å². The fourth-order valence-corrected chi connectivity index (χ4v) is 2.06. The third-order valence-electron chi connectivity index (χ3n) is 2.97. The Kier molecular flexibility index (Phi) is 3.40. The van der Waals surface area contributed by atoms with Crippen molar-refractivity contribution in [1.82, 2.24) is 0 Å². The molecule has 0 fully saturated rings. The first-order valence-corrected chi connectivity index (χ1v) is 6.57. The van der Waals surface area contributed by atoms with Gasteiger partial charge in [0.05, 0.1) is 0 Å². The minimum absolute atomic E-state index is 0.156. The fraction of sp³-hybridized carbons (Fsp3) is 0. The summed E-state index contributed by atoms with van der Waals surface area (Å²) in [6, 6.07) is 16.6. The van der Waals surface area contributed by atoms with Crippen LogP contribution in [-0.2, 0) is 0 Å². The molecule has 0 amide bonds. The van der Waals surface area contributed by atoms with Crippen molar-refractivity contribution in [3.63, 3.8) is 0 Å². The smallest absolute Gasteiger partial charge is 0.221 e. The molecule has 98 valence electrons. The summed E-state index contributed by atoms with van der Waals surface area (Å²) in [5.74, 6) is 0.188. The van der Waals surface area contributed by atoms with Gasteiger partial charge < -0.3 is 4.42 Å². The molecule has 1 aromatic heterocycles. The number of halogens is 1. The highest BCUT2D eigenvalue weighted by atomic mass is 35.5. The van der Waals surface area contributed by atoms with Crippen molar-refractivity contribution in [2.24, 2.45) is 0 Å². The number of furan rings is 1. The number of allylic oxidation sites excluding steroid dienone is 1. The summed E-state index contributed by atoms with van der Waals surface area (Å²) in [6.07, 6.45) is 3.24. The molecule has 2 nitrogen and oxygen atoms in total. The minimum atomic E-state index is -0.156. The van der Waals surface area contributed by atoms with Crippen LogP contribution < -0.4 is 0 Å². The van der Waals surface area contributed by atoms with Crippen molar-refractivity contribution in [1.29, 1.82) is 0 Å². The summed E-state index contributed by atoms with van der Waals surface area (Å²) in [6.45, 7) is 0. The maximum Gasteiger partial charge on any atom is 0.221 e. The molecular formula is C17H11ClO2. The zero-order valence-electron chi connectivity index (χ0n) is 10.5. The van der Waals surface area contributed by atoms with Crippen LogP contribution in [-0.4, -0.2) is 5.78 Å². The lowest BCUT2D eigenvalue weighted by Gasteiger charge is -1.93. The maximum absolute atomic E-state index is 12.0. The molecule has 3 aromatic rings. The van der Waals surface area contributed by atoms with E-state index in [1.54, 1.807) is 24.3 Å². The van der Waals surface area contributed by atoms with Crippen molar-refractivity contribution in [3.05, 3.63) is 77.0 Å². The third kappa shape index (κ3) is 2.65. The van der Waals surface area contributed by atoms with Crippen LogP contribution in [0.2, 0.25) is 5.02 Å². The Labute approximate surface area is 121 Å². The predicted molar refractivity (Wildman–Crippen MR) is 81.0 cm³/mol. The van der Waals surface area contributed by atoms with Gasteiger partial charge in [-0.15, -0.1) is 0 Å². The molecule has 3 rings (SSSR count). The lowest BCUT2D eigenvalue weighted by Crippen LogP contribution is -1.90. The van der Waals surface area contributed by atoms with Crippen LogP contribution in [0.1, 0.15) is 16.1 Å². The number of carbonyl (C=O) groups is 1. The second kappa shape index (κ2) is 5.35. The van der Waals surface area contributed by atoms with Gasteiger partial charge in [-0.2, -0.15) is 0 Å². The Hall–Kier alpha value is -2.32. The molecule has 2 aromatic carbocycles. The molecule has 0 unspecified atom stereocenters. The number of hydrogen-bond donors (Lipinski definition) is 0. The van der Waals surface area contributed by atoms with Crippen molar-refractivity contribution >= 4 is 34.4 Å². The van der Waals surface area contributed by atoms with Crippen molar-refractivity contribution in [2.75, 3.05) is 0 Å². The van der Waals surface area contributed by atoms with E-state index in [9.17, 15) is 4.79 Å². The number of rotatable bonds is 3. The predicted octanol–water partition coefficient (Wildman–Crippen LogP) is 4.98. The summed E-state index contributed by atoms with van der Waals surface area (Å²) in [4.78, 5) is 12.0. The molecule has 0 spiro atoms.